The molecule has 0 radical (unpaired) electrons. The Morgan fingerprint density at radius 3 is 2.60 bits per heavy atom. The molecular formula is C19H26N2O4. The molecule has 1 atom stereocenters. The zero-order valence-electron chi connectivity index (χ0n) is 15.2. The van der Waals surface area contributed by atoms with E-state index in [0.29, 0.717) is 18.7 Å². The predicted molar refractivity (Wildman–Crippen MR) is 96.8 cm³/mol. The Hall–Kier alpha value is -2.34. The average Bonchev–Trinajstić information content (AvgIpc) is 2.91. The van der Waals surface area contributed by atoms with Crippen LogP contribution in [-0.4, -0.2) is 40.8 Å². The van der Waals surface area contributed by atoms with Crippen molar-refractivity contribution in [1.29, 1.82) is 0 Å². The summed E-state index contributed by atoms with van der Waals surface area (Å²) in [5.41, 5.74) is 0.678. The Morgan fingerprint density at radius 2 is 2.00 bits per heavy atom. The fraction of sp³-hybridized carbons (Fsp3) is 0.474. The van der Waals surface area contributed by atoms with E-state index in [1.165, 1.54) is 0 Å². The van der Waals surface area contributed by atoms with E-state index in [9.17, 15) is 14.7 Å². The molecule has 6 heteroatoms. The average molecular weight is 346 g/mol. The summed E-state index contributed by atoms with van der Waals surface area (Å²) in [7, 11) is 1.64. The van der Waals surface area contributed by atoms with Crippen LogP contribution in [0.3, 0.4) is 0 Å². The van der Waals surface area contributed by atoms with Gasteiger partial charge in [-0.2, -0.15) is 0 Å². The van der Waals surface area contributed by atoms with Gasteiger partial charge in [-0.3, -0.25) is 9.59 Å². The van der Waals surface area contributed by atoms with Gasteiger partial charge in [-0.1, -0.05) is 32.0 Å². The largest absolute Gasteiger partial charge is 0.481 e. The van der Waals surface area contributed by atoms with E-state index < -0.39 is 11.5 Å². The quantitative estimate of drug-likeness (QED) is 0.770. The van der Waals surface area contributed by atoms with Crippen molar-refractivity contribution >= 4 is 22.8 Å². The molecule has 1 aromatic carbocycles. The molecular weight excluding hydrogens is 320 g/mol. The third-order valence-electron chi connectivity index (χ3n) is 4.76. The number of ether oxygens (including phenoxy) is 1. The number of benzene rings is 1. The maximum absolute atomic E-state index is 12.9. The molecule has 6 nitrogen and oxygen atoms in total. The minimum absolute atomic E-state index is 0.0191. The summed E-state index contributed by atoms with van der Waals surface area (Å²) in [6, 6.07) is 7.67. The summed E-state index contributed by atoms with van der Waals surface area (Å²) >= 11 is 0. The normalized spacial score (nSPS) is 13.8. The molecule has 0 saturated carbocycles. The molecule has 0 saturated heterocycles. The molecule has 0 bridgehead atoms. The number of aromatic nitrogens is 1. The summed E-state index contributed by atoms with van der Waals surface area (Å²) in [5, 5.41) is 13.0. The lowest BCUT2D eigenvalue weighted by atomic mass is 9.85. The Morgan fingerprint density at radius 1 is 1.32 bits per heavy atom. The van der Waals surface area contributed by atoms with Crippen molar-refractivity contribution in [3.63, 3.8) is 0 Å². The third kappa shape index (κ3) is 4.20. The lowest BCUT2D eigenvalue weighted by Gasteiger charge is -2.33. The zero-order valence-corrected chi connectivity index (χ0v) is 15.2. The molecule has 1 amide bonds. The number of nitrogens with zero attached hydrogens (tertiary/aromatic N) is 1. The third-order valence-corrected chi connectivity index (χ3v) is 4.76. The van der Waals surface area contributed by atoms with Gasteiger partial charge in [-0.05, 0) is 18.9 Å². The first-order valence-corrected chi connectivity index (χ1v) is 8.39. The van der Waals surface area contributed by atoms with Crippen molar-refractivity contribution in [3.8, 4) is 0 Å². The summed E-state index contributed by atoms with van der Waals surface area (Å²) < 4.78 is 7.12. The lowest BCUT2D eigenvalue weighted by molar-refractivity contribution is -0.138. The molecule has 2 aromatic rings. The number of carboxylic acids is 1. The maximum Gasteiger partial charge on any atom is 0.305 e. The number of rotatable bonds is 8. The van der Waals surface area contributed by atoms with Gasteiger partial charge in [0, 0.05) is 30.8 Å². The molecule has 136 valence electrons. The zero-order chi connectivity index (χ0) is 18.6. The smallest absolute Gasteiger partial charge is 0.305 e. The van der Waals surface area contributed by atoms with Crippen LogP contribution in [0.15, 0.2) is 30.5 Å². The first-order valence-electron chi connectivity index (χ1n) is 8.39. The molecule has 0 aliphatic carbocycles. The molecule has 1 aromatic heterocycles. The fourth-order valence-corrected chi connectivity index (χ4v) is 2.84. The van der Waals surface area contributed by atoms with Crippen LogP contribution in [0.5, 0.6) is 0 Å². The molecule has 25 heavy (non-hydrogen) atoms. The van der Waals surface area contributed by atoms with E-state index in [4.69, 9.17) is 4.74 Å². The second-order valence-electron chi connectivity index (χ2n) is 6.84. The number of fused-ring (bicyclic) bond motifs is 1. The highest BCUT2D eigenvalue weighted by molar-refractivity contribution is 6.07. The number of carbonyl (C=O) groups is 2. The number of para-hydroxylation sites is 1. The number of carboxylic acid groups (broad SMARTS) is 1. The van der Waals surface area contributed by atoms with Gasteiger partial charge in [0.2, 0.25) is 0 Å². The fourth-order valence-electron chi connectivity index (χ4n) is 2.84. The first kappa shape index (κ1) is 19.0. The van der Waals surface area contributed by atoms with E-state index in [1.54, 1.807) is 20.2 Å². The molecule has 0 fully saturated rings. The number of nitrogens with one attached hydrogen (secondary N) is 1. The highest BCUT2D eigenvalue weighted by Crippen LogP contribution is 2.25. The van der Waals surface area contributed by atoms with Crippen molar-refractivity contribution in [2.24, 2.45) is 5.92 Å². The van der Waals surface area contributed by atoms with Gasteiger partial charge in [0.1, 0.15) is 0 Å². The van der Waals surface area contributed by atoms with Gasteiger partial charge < -0.3 is 19.7 Å². The van der Waals surface area contributed by atoms with Crippen LogP contribution >= 0.6 is 0 Å². The molecule has 0 spiro atoms. The standard InChI is InChI=1S/C19H26N2O4/c1-13(2)19(3,11-17(22)23)20-18(24)15-12-21(9-10-25-4)16-8-6-5-7-14(15)16/h5-8,12-13H,9-11H2,1-4H3,(H,20,24)(H,22,23). The van der Waals surface area contributed by atoms with Crippen LogP contribution < -0.4 is 5.32 Å². The Balaban J connectivity index is 2.37. The first-order chi connectivity index (χ1) is 11.8. The molecule has 1 unspecified atom stereocenters. The summed E-state index contributed by atoms with van der Waals surface area (Å²) in [6.45, 7) is 6.77. The summed E-state index contributed by atoms with van der Waals surface area (Å²) in [4.78, 5) is 24.1. The summed E-state index contributed by atoms with van der Waals surface area (Å²) in [6.07, 6.45) is 1.68. The van der Waals surface area contributed by atoms with Crippen molar-refractivity contribution in [2.45, 2.75) is 39.3 Å². The van der Waals surface area contributed by atoms with Crippen molar-refractivity contribution < 1.29 is 19.4 Å². The number of carbonyl (C=O) groups excluding carboxylic acids is 1. The predicted octanol–water partition coefficient (Wildman–Crippen LogP) is 2.91. The monoisotopic (exact) mass is 346 g/mol. The van der Waals surface area contributed by atoms with E-state index >= 15 is 0 Å². The van der Waals surface area contributed by atoms with Crippen LogP contribution in [0.25, 0.3) is 10.9 Å². The number of methoxy groups -OCH3 is 1. The van der Waals surface area contributed by atoms with Crippen LogP contribution in [0.4, 0.5) is 0 Å². The number of amides is 1. The Bertz CT molecular complexity index is 766. The minimum atomic E-state index is -0.931. The highest BCUT2D eigenvalue weighted by atomic mass is 16.5. The summed E-state index contributed by atoms with van der Waals surface area (Å²) in [5.74, 6) is -1.21. The van der Waals surface area contributed by atoms with Gasteiger partial charge in [-0.25, -0.2) is 0 Å². The second kappa shape index (κ2) is 7.70. The topological polar surface area (TPSA) is 80.6 Å². The molecule has 1 heterocycles. The van der Waals surface area contributed by atoms with E-state index in [-0.39, 0.29) is 18.2 Å². The highest BCUT2D eigenvalue weighted by Gasteiger charge is 2.33. The van der Waals surface area contributed by atoms with Gasteiger partial charge in [0.25, 0.3) is 5.91 Å². The van der Waals surface area contributed by atoms with E-state index in [1.807, 2.05) is 42.7 Å². The number of hydrogen-bond acceptors (Lipinski definition) is 3. The Kier molecular flexibility index (Phi) is 5.85. The molecule has 2 rings (SSSR count). The maximum atomic E-state index is 12.9. The van der Waals surface area contributed by atoms with E-state index in [0.717, 1.165) is 10.9 Å². The van der Waals surface area contributed by atoms with Gasteiger partial charge in [0.15, 0.2) is 0 Å². The van der Waals surface area contributed by atoms with Gasteiger partial charge >= 0.3 is 5.97 Å². The Labute approximate surface area is 147 Å². The van der Waals surface area contributed by atoms with E-state index in [2.05, 4.69) is 5.32 Å². The van der Waals surface area contributed by atoms with Crippen LogP contribution in [-0.2, 0) is 16.1 Å². The van der Waals surface area contributed by atoms with Crippen LogP contribution in [0, 0.1) is 5.92 Å². The van der Waals surface area contributed by atoms with Crippen LogP contribution in [0.2, 0.25) is 0 Å². The van der Waals surface area contributed by atoms with Gasteiger partial charge in [0.05, 0.1) is 24.1 Å². The van der Waals surface area contributed by atoms with Crippen molar-refractivity contribution in [2.75, 3.05) is 13.7 Å². The SMILES string of the molecule is COCCn1cc(C(=O)NC(C)(CC(=O)O)C(C)C)c2ccccc21. The molecule has 0 aliphatic rings. The number of aliphatic carboxylic acids is 1. The molecule has 2 N–H and O–H groups in total. The lowest BCUT2D eigenvalue weighted by Crippen LogP contribution is -2.51. The van der Waals surface area contributed by atoms with Crippen molar-refractivity contribution in [1.82, 2.24) is 9.88 Å². The second-order valence-corrected chi connectivity index (χ2v) is 6.84. The minimum Gasteiger partial charge on any atom is -0.481 e. The molecule has 0 aliphatic heterocycles. The van der Waals surface area contributed by atoms with Crippen molar-refractivity contribution in [3.05, 3.63) is 36.0 Å². The van der Waals surface area contributed by atoms with Crippen LogP contribution in [0.1, 0.15) is 37.6 Å². The number of hydrogen-bond donors (Lipinski definition) is 2. The van der Waals surface area contributed by atoms with Gasteiger partial charge in [-0.15, -0.1) is 0 Å².